The van der Waals surface area contributed by atoms with Gasteiger partial charge in [-0.25, -0.2) is 0 Å². The van der Waals surface area contributed by atoms with Crippen LogP contribution in [0.1, 0.15) is 13.8 Å². The lowest BCUT2D eigenvalue weighted by molar-refractivity contribution is -0.145. The van der Waals surface area contributed by atoms with E-state index in [0.29, 0.717) is 0 Å². The van der Waals surface area contributed by atoms with Gasteiger partial charge in [0.1, 0.15) is 6.04 Å². The van der Waals surface area contributed by atoms with E-state index in [9.17, 15) is 24.0 Å². The average Bonchev–Trinajstić information content (AvgIpc) is 2.49. The van der Waals surface area contributed by atoms with Crippen molar-refractivity contribution in [3.8, 4) is 0 Å². The zero-order chi connectivity index (χ0) is 22.4. The summed E-state index contributed by atoms with van der Waals surface area (Å²) in [4.78, 5) is 54.4. The minimum Gasteiger partial charge on any atom is -0.480 e. The molecule has 0 bridgehead atoms. The summed E-state index contributed by atoms with van der Waals surface area (Å²) in [6, 6.07) is -0.713. The zero-order valence-electron chi connectivity index (χ0n) is 15.6. The van der Waals surface area contributed by atoms with Crippen molar-refractivity contribution in [3.05, 3.63) is 0 Å². The molecular weight excluding hydrogens is 382 g/mol. The Labute approximate surface area is 160 Å². The van der Waals surface area contributed by atoms with E-state index in [4.69, 9.17) is 31.3 Å². The third kappa shape index (κ3) is 16.7. The minimum atomic E-state index is -1.23. The van der Waals surface area contributed by atoms with Gasteiger partial charge in [0.2, 0.25) is 0 Å². The van der Waals surface area contributed by atoms with Gasteiger partial charge < -0.3 is 31.3 Å². The Morgan fingerprint density at radius 3 is 1.04 bits per heavy atom. The van der Waals surface area contributed by atoms with Gasteiger partial charge in [-0.05, 0) is 5.92 Å². The summed E-state index contributed by atoms with van der Waals surface area (Å²) in [6.07, 6.45) is 0. The van der Waals surface area contributed by atoms with Gasteiger partial charge in [-0.3, -0.25) is 33.8 Å². The molecule has 0 aliphatic rings. The molecule has 0 rings (SSSR count). The smallest absolute Gasteiger partial charge is 0.320 e. The van der Waals surface area contributed by atoms with Crippen LogP contribution in [-0.2, 0) is 24.0 Å². The topological polar surface area (TPSA) is 219 Å². The Bertz CT molecular complexity index is 484. The first kappa shape index (κ1) is 27.4. The van der Waals surface area contributed by atoms with Crippen LogP contribution >= 0.6 is 0 Å². The summed E-state index contributed by atoms with van der Waals surface area (Å²) in [5, 5.41) is 42.7. The summed E-state index contributed by atoms with van der Waals surface area (Å²) in [5.74, 6) is -5.82. The summed E-state index contributed by atoms with van der Waals surface area (Å²) >= 11 is 0. The monoisotopic (exact) mass is 409 g/mol. The molecule has 0 aromatic rings. The number of carbonyl (C=O) groups is 5. The second kappa shape index (κ2) is 14.3. The van der Waals surface area contributed by atoms with Crippen LogP contribution < -0.4 is 5.73 Å². The van der Waals surface area contributed by atoms with E-state index in [1.165, 1.54) is 0 Å². The molecule has 0 fully saturated rings. The molecule has 0 saturated carbocycles. The molecular formula is C15H27N3O10. The highest BCUT2D eigenvalue weighted by atomic mass is 16.4. The molecule has 0 aliphatic heterocycles. The Kier molecular flexibility index (Phi) is 14.0. The SMILES string of the molecule is CC(C)[C@H](N)C(=O)O.O=C(O)CN(CCN(CC(=O)O)CC(=O)O)CC(=O)O. The van der Waals surface area contributed by atoms with Gasteiger partial charge in [0.15, 0.2) is 0 Å². The molecule has 13 heteroatoms. The van der Waals surface area contributed by atoms with Gasteiger partial charge >= 0.3 is 29.8 Å². The van der Waals surface area contributed by atoms with Crippen LogP contribution in [0.15, 0.2) is 0 Å². The molecule has 0 unspecified atom stereocenters. The minimum absolute atomic E-state index is 0.0208. The highest BCUT2D eigenvalue weighted by Gasteiger charge is 2.18. The number of hydrogen-bond donors (Lipinski definition) is 6. The Balaban J connectivity index is 0. The van der Waals surface area contributed by atoms with E-state index in [1.807, 2.05) is 0 Å². The highest BCUT2D eigenvalue weighted by molar-refractivity contribution is 5.74. The molecule has 0 saturated heterocycles. The van der Waals surface area contributed by atoms with Crippen molar-refractivity contribution in [2.75, 3.05) is 39.3 Å². The quantitative estimate of drug-likeness (QED) is 0.194. The molecule has 28 heavy (non-hydrogen) atoms. The number of nitrogens with zero attached hydrogens (tertiary/aromatic N) is 2. The molecule has 0 amide bonds. The maximum absolute atomic E-state index is 10.6. The van der Waals surface area contributed by atoms with Crippen LogP contribution in [-0.4, -0.2) is 110 Å². The summed E-state index contributed by atoms with van der Waals surface area (Å²) in [7, 11) is 0. The Morgan fingerprint density at radius 2 is 0.929 bits per heavy atom. The fraction of sp³-hybridized carbons (Fsp3) is 0.667. The van der Waals surface area contributed by atoms with E-state index in [1.54, 1.807) is 13.8 Å². The molecule has 162 valence electrons. The predicted molar refractivity (Wildman–Crippen MR) is 93.9 cm³/mol. The summed E-state index contributed by atoms with van der Waals surface area (Å²) < 4.78 is 0. The number of hydrogen-bond acceptors (Lipinski definition) is 8. The van der Waals surface area contributed by atoms with Crippen molar-refractivity contribution >= 4 is 29.8 Å². The van der Waals surface area contributed by atoms with E-state index in [-0.39, 0.29) is 19.0 Å². The highest BCUT2D eigenvalue weighted by Crippen LogP contribution is 1.96. The van der Waals surface area contributed by atoms with Gasteiger partial charge in [-0.1, -0.05) is 13.8 Å². The predicted octanol–water partition coefficient (Wildman–Crippen LogP) is -2.02. The summed E-state index contributed by atoms with van der Waals surface area (Å²) in [5.41, 5.74) is 5.16. The van der Waals surface area contributed by atoms with Crippen LogP contribution in [0.2, 0.25) is 0 Å². The van der Waals surface area contributed by atoms with Gasteiger partial charge in [-0.2, -0.15) is 0 Å². The molecule has 0 spiro atoms. The molecule has 0 aromatic heterocycles. The lowest BCUT2D eigenvalue weighted by Gasteiger charge is -2.23. The summed E-state index contributed by atoms with van der Waals surface area (Å²) in [6.45, 7) is 1.30. The van der Waals surface area contributed by atoms with Crippen LogP contribution in [0.3, 0.4) is 0 Å². The Hall–Kier alpha value is -2.77. The fourth-order valence-electron chi connectivity index (χ4n) is 1.76. The lowest BCUT2D eigenvalue weighted by atomic mass is 10.1. The molecule has 0 aliphatic carbocycles. The van der Waals surface area contributed by atoms with Crippen molar-refractivity contribution in [2.45, 2.75) is 19.9 Å². The lowest BCUT2D eigenvalue weighted by Crippen LogP contribution is -2.43. The molecule has 1 atom stereocenters. The van der Waals surface area contributed by atoms with Crippen LogP contribution in [0.25, 0.3) is 0 Å². The molecule has 0 aromatic carbocycles. The standard InChI is InChI=1S/C10H16N2O8.C5H11NO2/c13-7(14)3-11(4-8(15)16)1-2-12(5-9(17)18)6-10(19)20;1-3(2)4(6)5(7)8/h1-6H2,(H,13,14)(H,15,16)(H,17,18)(H,19,20);3-4H,6H2,1-2H3,(H,7,8)/t;4-/m.0/s1. The molecule has 0 radical (unpaired) electrons. The number of aliphatic carboxylic acids is 5. The van der Waals surface area contributed by atoms with Gasteiger partial charge in [0, 0.05) is 13.1 Å². The van der Waals surface area contributed by atoms with Gasteiger partial charge in [0.05, 0.1) is 26.2 Å². The fourth-order valence-corrected chi connectivity index (χ4v) is 1.76. The number of carboxylic acids is 5. The van der Waals surface area contributed by atoms with Gasteiger partial charge in [0.25, 0.3) is 0 Å². The second-order valence-corrected chi connectivity index (χ2v) is 6.10. The third-order valence-electron chi connectivity index (χ3n) is 3.17. The van der Waals surface area contributed by atoms with E-state index < -0.39 is 62.1 Å². The van der Waals surface area contributed by atoms with E-state index in [2.05, 4.69) is 0 Å². The number of rotatable bonds is 13. The van der Waals surface area contributed by atoms with Crippen LogP contribution in [0.4, 0.5) is 0 Å². The second-order valence-electron chi connectivity index (χ2n) is 6.10. The van der Waals surface area contributed by atoms with Crippen molar-refractivity contribution in [1.29, 1.82) is 0 Å². The van der Waals surface area contributed by atoms with E-state index >= 15 is 0 Å². The number of nitrogens with two attached hydrogens (primary N) is 1. The zero-order valence-corrected chi connectivity index (χ0v) is 15.6. The maximum atomic E-state index is 10.6. The van der Waals surface area contributed by atoms with Crippen molar-refractivity contribution < 1.29 is 49.5 Å². The average molecular weight is 409 g/mol. The first-order valence-electron chi connectivity index (χ1n) is 8.06. The van der Waals surface area contributed by atoms with Crippen molar-refractivity contribution in [2.24, 2.45) is 11.7 Å². The van der Waals surface area contributed by atoms with Crippen molar-refractivity contribution in [1.82, 2.24) is 9.80 Å². The molecule has 7 N–H and O–H groups in total. The Morgan fingerprint density at radius 1 is 0.679 bits per heavy atom. The first-order chi connectivity index (χ1) is 12.8. The number of carboxylic acid groups (broad SMARTS) is 5. The largest absolute Gasteiger partial charge is 0.480 e. The van der Waals surface area contributed by atoms with Crippen molar-refractivity contribution in [3.63, 3.8) is 0 Å². The molecule has 0 heterocycles. The molecule has 13 nitrogen and oxygen atoms in total. The van der Waals surface area contributed by atoms with E-state index in [0.717, 1.165) is 9.80 Å². The maximum Gasteiger partial charge on any atom is 0.320 e. The van der Waals surface area contributed by atoms with Crippen LogP contribution in [0.5, 0.6) is 0 Å². The third-order valence-corrected chi connectivity index (χ3v) is 3.17. The first-order valence-corrected chi connectivity index (χ1v) is 8.06. The normalized spacial score (nSPS) is 11.6. The van der Waals surface area contributed by atoms with Gasteiger partial charge in [-0.15, -0.1) is 0 Å². The van der Waals surface area contributed by atoms with Crippen LogP contribution in [0, 0.1) is 5.92 Å².